The Kier molecular flexibility index (Phi) is 6.80. The highest BCUT2D eigenvalue weighted by Gasteiger charge is 2.34. The van der Waals surface area contributed by atoms with Gasteiger partial charge < -0.3 is 24.4 Å². The van der Waals surface area contributed by atoms with E-state index in [0.29, 0.717) is 24.5 Å². The van der Waals surface area contributed by atoms with Gasteiger partial charge in [-0.1, -0.05) is 19.1 Å². The number of carbonyl (C=O) groups excluding carboxylic acids is 2. The van der Waals surface area contributed by atoms with Crippen molar-refractivity contribution >= 4 is 17.6 Å². The Morgan fingerprint density at radius 1 is 1.21 bits per heavy atom. The molecular formula is C22H30N4O3. The largest absolute Gasteiger partial charge is 0.495 e. The van der Waals surface area contributed by atoms with Gasteiger partial charge >= 0.3 is 6.03 Å². The van der Waals surface area contributed by atoms with Crippen LogP contribution >= 0.6 is 0 Å². The second kappa shape index (κ2) is 9.49. The summed E-state index contributed by atoms with van der Waals surface area (Å²) in [5.41, 5.74) is 1.68. The summed E-state index contributed by atoms with van der Waals surface area (Å²) in [7, 11) is 3.55. The van der Waals surface area contributed by atoms with Gasteiger partial charge in [0, 0.05) is 31.5 Å². The monoisotopic (exact) mass is 398 g/mol. The van der Waals surface area contributed by atoms with E-state index in [2.05, 4.69) is 5.32 Å². The second-order valence-electron chi connectivity index (χ2n) is 7.42. The predicted octanol–water partition coefficient (Wildman–Crippen LogP) is 3.47. The Hall–Kier alpha value is -2.96. The number of amides is 3. The van der Waals surface area contributed by atoms with Crippen LogP contribution < -0.4 is 10.1 Å². The van der Waals surface area contributed by atoms with E-state index in [1.807, 2.05) is 53.9 Å². The maximum atomic E-state index is 13.1. The Morgan fingerprint density at radius 2 is 1.97 bits per heavy atom. The number of anilines is 1. The van der Waals surface area contributed by atoms with Crippen molar-refractivity contribution in [1.82, 2.24) is 14.4 Å². The molecule has 7 nitrogen and oxygen atoms in total. The molecule has 7 heteroatoms. The topological polar surface area (TPSA) is 66.8 Å². The van der Waals surface area contributed by atoms with Gasteiger partial charge in [-0.3, -0.25) is 4.79 Å². The highest BCUT2D eigenvalue weighted by atomic mass is 16.5. The number of nitrogens with one attached hydrogen (secondary N) is 1. The number of rotatable bonds is 9. The zero-order chi connectivity index (χ0) is 20.8. The first-order valence-corrected chi connectivity index (χ1v) is 10.1. The highest BCUT2D eigenvalue weighted by molar-refractivity contribution is 5.93. The predicted molar refractivity (Wildman–Crippen MR) is 113 cm³/mol. The van der Waals surface area contributed by atoms with Gasteiger partial charge in [0.05, 0.1) is 19.3 Å². The molecule has 1 aliphatic carbocycles. The van der Waals surface area contributed by atoms with Gasteiger partial charge in [-0.15, -0.1) is 0 Å². The van der Waals surface area contributed by atoms with Crippen molar-refractivity contribution in [3.8, 4) is 5.75 Å². The second-order valence-corrected chi connectivity index (χ2v) is 7.42. The summed E-state index contributed by atoms with van der Waals surface area (Å²) in [6, 6.07) is 11.3. The number of nitrogens with zero attached hydrogens (tertiary/aromatic N) is 3. The van der Waals surface area contributed by atoms with Crippen LogP contribution in [0.25, 0.3) is 0 Å². The maximum Gasteiger partial charge on any atom is 0.322 e. The van der Waals surface area contributed by atoms with Crippen LogP contribution in [0.4, 0.5) is 10.5 Å². The van der Waals surface area contributed by atoms with Crippen LogP contribution in [0.5, 0.6) is 5.75 Å². The van der Waals surface area contributed by atoms with Crippen LogP contribution in [0.1, 0.15) is 31.9 Å². The molecule has 0 aliphatic heterocycles. The smallest absolute Gasteiger partial charge is 0.322 e. The van der Waals surface area contributed by atoms with Gasteiger partial charge in [0.15, 0.2) is 0 Å². The summed E-state index contributed by atoms with van der Waals surface area (Å²) in [4.78, 5) is 29.5. The number of carbonyl (C=O) groups is 2. The number of methoxy groups -OCH3 is 1. The zero-order valence-electron chi connectivity index (χ0n) is 17.4. The molecule has 3 rings (SSSR count). The van der Waals surface area contributed by atoms with E-state index in [-0.39, 0.29) is 24.5 Å². The van der Waals surface area contributed by atoms with Crippen molar-refractivity contribution in [2.45, 2.75) is 38.8 Å². The van der Waals surface area contributed by atoms with Crippen LogP contribution in [-0.2, 0) is 18.4 Å². The van der Waals surface area contributed by atoms with Crippen LogP contribution in [-0.4, -0.2) is 52.5 Å². The Morgan fingerprint density at radius 3 is 2.59 bits per heavy atom. The number of aromatic nitrogens is 1. The van der Waals surface area contributed by atoms with Crippen molar-refractivity contribution in [3.05, 3.63) is 48.3 Å². The molecule has 2 aromatic rings. The van der Waals surface area contributed by atoms with Gasteiger partial charge in [0.1, 0.15) is 12.3 Å². The highest BCUT2D eigenvalue weighted by Crippen LogP contribution is 2.29. The number of aryl methyl sites for hydroxylation is 1. The molecule has 1 N–H and O–H groups in total. The molecule has 1 aliphatic rings. The van der Waals surface area contributed by atoms with Gasteiger partial charge in [-0.2, -0.15) is 0 Å². The molecule has 29 heavy (non-hydrogen) atoms. The molecule has 0 spiro atoms. The number of para-hydroxylation sites is 2. The quantitative estimate of drug-likeness (QED) is 0.703. The summed E-state index contributed by atoms with van der Waals surface area (Å²) in [6.07, 6.45) is 4.80. The third-order valence-electron chi connectivity index (χ3n) is 5.15. The van der Waals surface area contributed by atoms with E-state index in [9.17, 15) is 9.59 Å². The van der Waals surface area contributed by atoms with E-state index < -0.39 is 0 Å². The molecule has 1 saturated carbocycles. The van der Waals surface area contributed by atoms with Crippen LogP contribution in [0.2, 0.25) is 0 Å². The molecule has 3 amide bonds. The molecule has 0 atom stereocenters. The maximum absolute atomic E-state index is 13.1. The fourth-order valence-electron chi connectivity index (χ4n) is 3.36. The fraction of sp³-hybridized carbons (Fsp3) is 0.455. The molecule has 0 saturated heterocycles. The van der Waals surface area contributed by atoms with Crippen LogP contribution in [0.3, 0.4) is 0 Å². The lowest BCUT2D eigenvalue weighted by Crippen LogP contribution is -2.45. The fourth-order valence-corrected chi connectivity index (χ4v) is 3.36. The minimum Gasteiger partial charge on any atom is -0.495 e. The molecule has 0 unspecified atom stereocenters. The van der Waals surface area contributed by atoms with Crippen molar-refractivity contribution in [3.63, 3.8) is 0 Å². The number of hydrogen-bond donors (Lipinski definition) is 1. The third-order valence-corrected chi connectivity index (χ3v) is 5.15. The molecule has 1 aromatic carbocycles. The van der Waals surface area contributed by atoms with Gasteiger partial charge in [0.2, 0.25) is 5.91 Å². The van der Waals surface area contributed by atoms with E-state index in [1.165, 1.54) is 0 Å². The van der Waals surface area contributed by atoms with Crippen LogP contribution in [0.15, 0.2) is 42.6 Å². The van der Waals surface area contributed by atoms with Crippen molar-refractivity contribution in [2.75, 3.05) is 25.5 Å². The lowest BCUT2D eigenvalue weighted by atomic mass is 10.3. The SMILES string of the molecule is CCCN(CC(=O)N(Cc1cccn1C)C1CC1)C(=O)Nc1ccccc1OC. The van der Waals surface area contributed by atoms with Gasteiger partial charge in [-0.05, 0) is 43.5 Å². The van der Waals surface area contributed by atoms with Gasteiger partial charge in [-0.25, -0.2) is 4.79 Å². The lowest BCUT2D eigenvalue weighted by molar-refractivity contribution is -0.133. The summed E-state index contributed by atoms with van der Waals surface area (Å²) >= 11 is 0. The first kappa shape index (κ1) is 20.8. The van der Waals surface area contributed by atoms with Gasteiger partial charge in [0.25, 0.3) is 0 Å². The first-order valence-electron chi connectivity index (χ1n) is 10.1. The van der Waals surface area contributed by atoms with E-state index >= 15 is 0 Å². The summed E-state index contributed by atoms with van der Waals surface area (Å²) in [5.74, 6) is 0.573. The van der Waals surface area contributed by atoms with Crippen molar-refractivity contribution in [2.24, 2.45) is 7.05 Å². The number of urea groups is 1. The molecule has 0 radical (unpaired) electrons. The summed E-state index contributed by atoms with van der Waals surface area (Å²) < 4.78 is 7.33. The van der Waals surface area contributed by atoms with E-state index in [0.717, 1.165) is 25.0 Å². The minimum absolute atomic E-state index is 0.0164. The summed E-state index contributed by atoms with van der Waals surface area (Å²) in [6.45, 7) is 3.14. The number of benzene rings is 1. The standard InChI is InChI=1S/C22H30N4O3/c1-4-13-25(22(28)23-19-9-5-6-10-20(19)29-3)16-21(27)26(17-11-12-17)15-18-8-7-14-24(18)2/h5-10,14,17H,4,11-13,15-16H2,1-3H3,(H,23,28). The van der Waals surface area contributed by atoms with Crippen molar-refractivity contribution < 1.29 is 14.3 Å². The molecule has 1 aromatic heterocycles. The molecule has 1 fully saturated rings. The number of ether oxygens (including phenoxy) is 1. The zero-order valence-corrected chi connectivity index (χ0v) is 17.4. The molecule has 1 heterocycles. The van der Waals surface area contributed by atoms with E-state index in [4.69, 9.17) is 4.74 Å². The van der Waals surface area contributed by atoms with Crippen LogP contribution in [0, 0.1) is 0 Å². The normalized spacial score (nSPS) is 13.1. The van der Waals surface area contributed by atoms with Crippen molar-refractivity contribution in [1.29, 1.82) is 0 Å². The first-order chi connectivity index (χ1) is 14.0. The molecule has 156 valence electrons. The Balaban J connectivity index is 1.68. The Bertz CT molecular complexity index is 844. The lowest BCUT2D eigenvalue weighted by Gasteiger charge is -2.28. The number of hydrogen-bond acceptors (Lipinski definition) is 3. The average Bonchev–Trinajstić information content (AvgIpc) is 3.48. The molecule has 0 bridgehead atoms. The minimum atomic E-state index is -0.292. The average molecular weight is 399 g/mol. The van der Waals surface area contributed by atoms with E-state index in [1.54, 1.807) is 24.1 Å². The summed E-state index contributed by atoms with van der Waals surface area (Å²) in [5, 5.41) is 2.88. The Labute approximate surface area is 172 Å². The third kappa shape index (κ3) is 5.31. The molecular weight excluding hydrogens is 368 g/mol.